The second-order valence-corrected chi connectivity index (χ2v) is 8.35. The molecule has 3 heterocycles. The van der Waals surface area contributed by atoms with Gasteiger partial charge in [0, 0.05) is 29.8 Å². The van der Waals surface area contributed by atoms with Crippen LogP contribution in [0.4, 0.5) is 4.79 Å². The van der Waals surface area contributed by atoms with Gasteiger partial charge in [-0.05, 0) is 61.0 Å². The SMILES string of the molecule is O=C(CN1C(=O)S/C(=C\c2ccc(-c3ccc(Cl)cc3)o2)C1=O)NC[C@@H]1CCCO1. The first-order chi connectivity index (χ1) is 14.5. The molecule has 0 aliphatic carbocycles. The lowest BCUT2D eigenvalue weighted by Crippen LogP contribution is -2.41. The highest BCUT2D eigenvalue weighted by Gasteiger charge is 2.36. The summed E-state index contributed by atoms with van der Waals surface area (Å²) in [7, 11) is 0. The summed E-state index contributed by atoms with van der Waals surface area (Å²) in [5, 5.41) is 2.86. The van der Waals surface area contributed by atoms with Gasteiger partial charge in [0.25, 0.3) is 11.1 Å². The highest BCUT2D eigenvalue weighted by molar-refractivity contribution is 8.18. The molecule has 1 N–H and O–H groups in total. The summed E-state index contributed by atoms with van der Waals surface area (Å²) in [5.74, 6) is 0.151. The number of halogens is 1. The third-order valence-corrected chi connectivity index (χ3v) is 5.91. The van der Waals surface area contributed by atoms with Gasteiger partial charge in [-0.25, -0.2) is 0 Å². The lowest BCUT2D eigenvalue weighted by atomic mass is 10.2. The molecule has 1 aromatic carbocycles. The third-order valence-electron chi connectivity index (χ3n) is 4.76. The fourth-order valence-corrected chi connectivity index (χ4v) is 4.14. The number of ether oxygens (including phenoxy) is 1. The van der Waals surface area contributed by atoms with E-state index in [0.717, 1.165) is 35.1 Å². The summed E-state index contributed by atoms with van der Waals surface area (Å²) < 4.78 is 11.2. The molecule has 1 atom stereocenters. The van der Waals surface area contributed by atoms with Crippen molar-refractivity contribution in [2.24, 2.45) is 0 Å². The average Bonchev–Trinajstić information content (AvgIpc) is 3.46. The number of nitrogens with zero attached hydrogens (tertiary/aromatic N) is 1. The number of furan rings is 1. The quantitative estimate of drug-likeness (QED) is 0.676. The summed E-state index contributed by atoms with van der Waals surface area (Å²) in [6.45, 7) is 0.759. The predicted molar refractivity (Wildman–Crippen MR) is 114 cm³/mol. The molecule has 0 saturated carbocycles. The molecule has 0 unspecified atom stereocenters. The minimum absolute atomic E-state index is 0.00227. The van der Waals surface area contributed by atoms with Gasteiger partial charge in [0.15, 0.2) is 0 Å². The van der Waals surface area contributed by atoms with E-state index in [2.05, 4.69) is 5.32 Å². The first kappa shape index (κ1) is 20.7. The van der Waals surface area contributed by atoms with Crippen molar-refractivity contribution in [1.29, 1.82) is 0 Å². The molecule has 9 heteroatoms. The van der Waals surface area contributed by atoms with E-state index in [1.165, 1.54) is 6.08 Å². The number of imide groups is 1. The molecular formula is C21H19ClN2O5S. The monoisotopic (exact) mass is 446 g/mol. The molecule has 7 nitrogen and oxygen atoms in total. The second kappa shape index (κ2) is 9.07. The van der Waals surface area contributed by atoms with E-state index in [9.17, 15) is 14.4 Å². The van der Waals surface area contributed by atoms with Crippen LogP contribution < -0.4 is 5.32 Å². The van der Waals surface area contributed by atoms with E-state index in [-0.39, 0.29) is 17.6 Å². The standard InChI is InChI=1S/C21H19ClN2O5S/c22-14-5-3-13(4-6-14)17-8-7-15(29-17)10-18-20(26)24(21(27)30-18)12-19(25)23-11-16-2-1-9-28-16/h3-8,10,16H,1-2,9,11-12H2,(H,23,25)/b18-10-/t16-/m0/s1. The molecule has 0 radical (unpaired) electrons. The van der Waals surface area contributed by atoms with Crippen LogP contribution in [0, 0.1) is 0 Å². The van der Waals surface area contributed by atoms with Gasteiger partial charge >= 0.3 is 0 Å². The van der Waals surface area contributed by atoms with Gasteiger partial charge in [0.05, 0.1) is 11.0 Å². The average molecular weight is 447 g/mol. The first-order valence-corrected chi connectivity index (χ1v) is 10.7. The summed E-state index contributed by atoms with van der Waals surface area (Å²) in [6, 6.07) is 10.7. The molecule has 2 aromatic rings. The highest BCUT2D eigenvalue weighted by atomic mass is 35.5. The van der Waals surface area contributed by atoms with Crippen molar-refractivity contribution in [3.63, 3.8) is 0 Å². The van der Waals surface area contributed by atoms with Crippen LogP contribution in [0.15, 0.2) is 45.7 Å². The fraction of sp³-hybridized carbons (Fsp3) is 0.286. The molecule has 2 aliphatic heterocycles. The van der Waals surface area contributed by atoms with Gasteiger partial charge in [-0.2, -0.15) is 0 Å². The zero-order chi connectivity index (χ0) is 21.1. The molecule has 3 amide bonds. The van der Waals surface area contributed by atoms with E-state index >= 15 is 0 Å². The topological polar surface area (TPSA) is 88.9 Å². The number of carbonyl (C=O) groups excluding carboxylic acids is 3. The molecule has 30 heavy (non-hydrogen) atoms. The Bertz CT molecular complexity index is 995. The number of amides is 3. The summed E-state index contributed by atoms with van der Waals surface area (Å²) in [4.78, 5) is 38.1. The third kappa shape index (κ3) is 4.77. The van der Waals surface area contributed by atoms with E-state index in [4.69, 9.17) is 20.8 Å². The van der Waals surface area contributed by atoms with E-state index < -0.39 is 17.1 Å². The summed E-state index contributed by atoms with van der Waals surface area (Å²) in [6.07, 6.45) is 3.37. The Morgan fingerprint density at radius 2 is 2.03 bits per heavy atom. The van der Waals surface area contributed by atoms with E-state index in [1.54, 1.807) is 24.3 Å². The van der Waals surface area contributed by atoms with Gasteiger partial charge < -0.3 is 14.5 Å². The van der Waals surface area contributed by atoms with Crippen LogP contribution in [-0.4, -0.2) is 47.8 Å². The van der Waals surface area contributed by atoms with Crippen molar-refractivity contribution in [2.45, 2.75) is 18.9 Å². The van der Waals surface area contributed by atoms with Crippen LogP contribution in [0.5, 0.6) is 0 Å². The maximum atomic E-state index is 12.6. The number of hydrogen-bond acceptors (Lipinski definition) is 6. The van der Waals surface area contributed by atoms with Crippen LogP contribution in [0.25, 0.3) is 17.4 Å². The largest absolute Gasteiger partial charge is 0.457 e. The smallest absolute Gasteiger partial charge is 0.294 e. The highest BCUT2D eigenvalue weighted by Crippen LogP contribution is 2.33. The maximum Gasteiger partial charge on any atom is 0.294 e. The number of carbonyl (C=O) groups is 3. The Hall–Kier alpha value is -2.55. The first-order valence-electron chi connectivity index (χ1n) is 9.49. The zero-order valence-corrected chi connectivity index (χ0v) is 17.5. The van der Waals surface area contributed by atoms with Crippen molar-refractivity contribution in [1.82, 2.24) is 10.2 Å². The Kier molecular flexibility index (Phi) is 6.26. The van der Waals surface area contributed by atoms with Gasteiger partial charge in [-0.1, -0.05) is 11.6 Å². The van der Waals surface area contributed by atoms with E-state index in [1.807, 2.05) is 12.1 Å². The molecule has 0 spiro atoms. The predicted octanol–water partition coefficient (Wildman–Crippen LogP) is 3.93. The van der Waals surface area contributed by atoms with Crippen molar-refractivity contribution in [3.8, 4) is 11.3 Å². The summed E-state index contributed by atoms with van der Waals surface area (Å²) in [5.41, 5.74) is 0.843. The van der Waals surface area contributed by atoms with Crippen LogP contribution in [0.3, 0.4) is 0 Å². The van der Waals surface area contributed by atoms with Gasteiger partial charge in [-0.3, -0.25) is 19.3 Å². The number of nitrogens with one attached hydrogen (secondary N) is 1. The van der Waals surface area contributed by atoms with E-state index in [0.29, 0.717) is 29.7 Å². The maximum absolute atomic E-state index is 12.6. The molecule has 4 rings (SSSR count). The van der Waals surface area contributed by atoms with Gasteiger partial charge in [0.2, 0.25) is 5.91 Å². The van der Waals surface area contributed by atoms with Crippen molar-refractivity contribution in [3.05, 3.63) is 52.1 Å². The van der Waals surface area contributed by atoms with Crippen molar-refractivity contribution >= 4 is 46.5 Å². The number of benzene rings is 1. The molecule has 2 fully saturated rings. The number of rotatable bonds is 6. The Morgan fingerprint density at radius 1 is 1.23 bits per heavy atom. The molecule has 0 bridgehead atoms. The minimum Gasteiger partial charge on any atom is -0.457 e. The Balaban J connectivity index is 1.39. The Labute approximate surface area is 182 Å². The molecule has 1 aromatic heterocycles. The van der Waals surface area contributed by atoms with Crippen LogP contribution in [-0.2, 0) is 14.3 Å². The number of thioether (sulfide) groups is 1. The fourth-order valence-electron chi connectivity index (χ4n) is 3.20. The Morgan fingerprint density at radius 3 is 2.77 bits per heavy atom. The van der Waals surface area contributed by atoms with Crippen molar-refractivity contribution < 1.29 is 23.5 Å². The normalized spacial score (nSPS) is 20.4. The van der Waals surface area contributed by atoms with Crippen molar-refractivity contribution in [2.75, 3.05) is 19.7 Å². The molecule has 2 saturated heterocycles. The summed E-state index contributed by atoms with van der Waals surface area (Å²) >= 11 is 6.68. The second-order valence-electron chi connectivity index (χ2n) is 6.92. The molecular weight excluding hydrogens is 428 g/mol. The zero-order valence-electron chi connectivity index (χ0n) is 15.9. The molecule has 2 aliphatic rings. The van der Waals surface area contributed by atoms with Crippen LogP contribution in [0.1, 0.15) is 18.6 Å². The lowest BCUT2D eigenvalue weighted by molar-refractivity contribution is -0.129. The van der Waals surface area contributed by atoms with Crippen LogP contribution in [0.2, 0.25) is 5.02 Å². The minimum atomic E-state index is -0.512. The lowest BCUT2D eigenvalue weighted by Gasteiger charge is -2.14. The number of hydrogen-bond donors (Lipinski definition) is 1. The van der Waals surface area contributed by atoms with Gasteiger partial charge in [0.1, 0.15) is 18.1 Å². The molecule has 156 valence electrons. The van der Waals surface area contributed by atoms with Gasteiger partial charge in [-0.15, -0.1) is 0 Å². The van der Waals surface area contributed by atoms with Crippen LogP contribution >= 0.6 is 23.4 Å².